The summed E-state index contributed by atoms with van der Waals surface area (Å²) in [6.07, 6.45) is 0. The van der Waals surface area contributed by atoms with Crippen LogP contribution in [0.3, 0.4) is 0 Å². The standard InChI is InChI=1S/C22H18O6/c1-27-17-9-5-3-7-13(17)19-15(21(23)24)11-12-16(22(25)26)20(19)14-8-4-6-10-18(14)28-2/h3-12H,1-2H3,(H,23,24)(H,25,26). The molecule has 3 aromatic rings. The monoisotopic (exact) mass is 378 g/mol. The average Bonchev–Trinajstić information content (AvgIpc) is 2.72. The van der Waals surface area contributed by atoms with Crippen LogP contribution in [0.2, 0.25) is 0 Å². The zero-order valence-electron chi connectivity index (χ0n) is 15.3. The van der Waals surface area contributed by atoms with E-state index in [4.69, 9.17) is 9.47 Å². The predicted octanol–water partition coefficient (Wildman–Crippen LogP) is 4.43. The Hall–Kier alpha value is -3.80. The molecular weight excluding hydrogens is 360 g/mol. The summed E-state index contributed by atoms with van der Waals surface area (Å²) in [5, 5.41) is 19.6. The molecule has 3 rings (SSSR count). The highest BCUT2D eigenvalue weighted by atomic mass is 16.5. The predicted molar refractivity (Wildman–Crippen MR) is 104 cm³/mol. The lowest BCUT2D eigenvalue weighted by atomic mass is 9.86. The third-order valence-electron chi connectivity index (χ3n) is 4.42. The molecule has 3 aromatic carbocycles. The lowest BCUT2D eigenvalue weighted by molar-refractivity contribution is 0.0682. The second-order valence-electron chi connectivity index (χ2n) is 5.92. The largest absolute Gasteiger partial charge is 0.496 e. The third-order valence-corrected chi connectivity index (χ3v) is 4.42. The van der Waals surface area contributed by atoms with Crippen molar-refractivity contribution in [1.29, 1.82) is 0 Å². The topological polar surface area (TPSA) is 93.1 Å². The van der Waals surface area contributed by atoms with Gasteiger partial charge in [-0.2, -0.15) is 0 Å². The lowest BCUT2D eigenvalue weighted by Crippen LogP contribution is -2.08. The van der Waals surface area contributed by atoms with Gasteiger partial charge in [0.2, 0.25) is 0 Å². The normalized spacial score (nSPS) is 10.4. The molecule has 0 amide bonds. The zero-order valence-corrected chi connectivity index (χ0v) is 15.3. The quantitative estimate of drug-likeness (QED) is 0.659. The Morgan fingerprint density at radius 2 is 1.00 bits per heavy atom. The summed E-state index contributed by atoms with van der Waals surface area (Å²) in [7, 11) is 2.95. The van der Waals surface area contributed by atoms with Crippen LogP contribution >= 0.6 is 0 Å². The Balaban J connectivity index is 2.53. The van der Waals surface area contributed by atoms with Gasteiger partial charge in [0.1, 0.15) is 11.5 Å². The Labute approximate surface area is 161 Å². The lowest BCUT2D eigenvalue weighted by Gasteiger charge is -2.19. The van der Waals surface area contributed by atoms with Crippen LogP contribution in [-0.4, -0.2) is 36.4 Å². The van der Waals surface area contributed by atoms with E-state index in [0.29, 0.717) is 22.6 Å². The molecule has 0 aliphatic heterocycles. The molecule has 0 bridgehead atoms. The van der Waals surface area contributed by atoms with E-state index in [2.05, 4.69) is 0 Å². The first-order chi connectivity index (χ1) is 13.5. The first-order valence-corrected chi connectivity index (χ1v) is 8.40. The van der Waals surface area contributed by atoms with Crippen LogP contribution < -0.4 is 9.47 Å². The van der Waals surface area contributed by atoms with Gasteiger partial charge in [0.15, 0.2) is 0 Å². The highest BCUT2D eigenvalue weighted by Gasteiger charge is 2.26. The molecule has 28 heavy (non-hydrogen) atoms. The molecule has 0 fully saturated rings. The van der Waals surface area contributed by atoms with Crippen molar-refractivity contribution in [2.45, 2.75) is 0 Å². The summed E-state index contributed by atoms with van der Waals surface area (Å²) in [5.41, 5.74) is 1.41. The average molecular weight is 378 g/mol. The molecule has 0 atom stereocenters. The molecular formula is C22H18O6. The molecule has 0 spiro atoms. The fourth-order valence-corrected chi connectivity index (χ4v) is 3.22. The molecule has 0 saturated carbocycles. The fraction of sp³-hybridized carbons (Fsp3) is 0.0909. The SMILES string of the molecule is COc1ccccc1-c1c(C(=O)O)ccc(C(=O)O)c1-c1ccccc1OC. The van der Waals surface area contributed by atoms with E-state index < -0.39 is 11.9 Å². The number of aromatic carboxylic acids is 2. The molecule has 2 N–H and O–H groups in total. The van der Waals surface area contributed by atoms with Crippen molar-refractivity contribution in [3.8, 4) is 33.8 Å². The Bertz CT molecular complexity index is 970. The minimum atomic E-state index is -1.17. The van der Waals surface area contributed by atoms with Gasteiger partial charge in [0.05, 0.1) is 25.3 Å². The molecule has 6 nitrogen and oxygen atoms in total. The van der Waals surface area contributed by atoms with Crippen molar-refractivity contribution >= 4 is 11.9 Å². The molecule has 0 radical (unpaired) electrons. The second-order valence-corrected chi connectivity index (χ2v) is 5.92. The molecule has 0 aliphatic rings. The Kier molecular flexibility index (Phi) is 5.31. The fourth-order valence-electron chi connectivity index (χ4n) is 3.22. The van der Waals surface area contributed by atoms with Crippen molar-refractivity contribution in [2.24, 2.45) is 0 Å². The summed E-state index contributed by atoms with van der Waals surface area (Å²) in [6.45, 7) is 0. The highest BCUT2D eigenvalue weighted by molar-refractivity contribution is 6.09. The van der Waals surface area contributed by atoms with Gasteiger partial charge in [-0.3, -0.25) is 0 Å². The van der Waals surface area contributed by atoms with Gasteiger partial charge in [-0.15, -0.1) is 0 Å². The first-order valence-electron chi connectivity index (χ1n) is 8.40. The summed E-state index contributed by atoms with van der Waals surface area (Å²) in [4.78, 5) is 24.0. The number of para-hydroxylation sites is 2. The van der Waals surface area contributed by atoms with Crippen LogP contribution in [0.4, 0.5) is 0 Å². The summed E-state index contributed by atoms with van der Waals surface area (Å²) in [5.74, 6) is -1.48. The summed E-state index contributed by atoms with van der Waals surface area (Å²) >= 11 is 0. The summed E-state index contributed by atoms with van der Waals surface area (Å²) in [6, 6.07) is 16.4. The van der Waals surface area contributed by atoms with E-state index >= 15 is 0 Å². The van der Waals surface area contributed by atoms with Crippen LogP contribution in [0.15, 0.2) is 60.7 Å². The minimum Gasteiger partial charge on any atom is -0.496 e. The van der Waals surface area contributed by atoms with Gasteiger partial charge in [-0.05, 0) is 24.3 Å². The smallest absolute Gasteiger partial charge is 0.336 e. The van der Waals surface area contributed by atoms with E-state index in [9.17, 15) is 19.8 Å². The van der Waals surface area contributed by atoms with Gasteiger partial charge >= 0.3 is 11.9 Å². The second kappa shape index (κ2) is 7.84. The Morgan fingerprint density at radius 1 is 0.643 bits per heavy atom. The van der Waals surface area contributed by atoms with Crippen LogP contribution in [-0.2, 0) is 0 Å². The molecule has 0 heterocycles. The van der Waals surface area contributed by atoms with E-state index in [1.165, 1.54) is 26.4 Å². The maximum atomic E-state index is 12.0. The molecule has 0 saturated heterocycles. The van der Waals surface area contributed by atoms with Crippen molar-refractivity contribution in [3.05, 3.63) is 71.8 Å². The van der Waals surface area contributed by atoms with Crippen LogP contribution in [0.5, 0.6) is 11.5 Å². The number of rotatable bonds is 6. The number of ether oxygens (including phenoxy) is 2. The number of benzene rings is 3. The molecule has 6 heteroatoms. The summed E-state index contributed by atoms with van der Waals surface area (Å²) < 4.78 is 10.8. The Morgan fingerprint density at radius 3 is 1.32 bits per heavy atom. The first kappa shape index (κ1) is 19.0. The maximum absolute atomic E-state index is 12.0. The van der Waals surface area contributed by atoms with Crippen LogP contribution in [0, 0.1) is 0 Å². The van der Waals surface area contributed by atoms with Crippen molar-refractivity contribution in [2.75, 3.05) is 14.2 Å². The van der Waals surface area contributed by atoms with Crippen LogP contribution in [0.25, 0.3) is 22.3 Å². The molecule has 0 aromatic heterocycles. The number of carbonyl (C=O) groups is 2. The minimum absolute atomic E-state index is 0.0320. The van der Waals surface area contributed by atoms with Crippen molar-refractivity contribution in [1.82, 2.24) is 0 Å². The number of hydrogen-bond donors (Lipinski definition) is 2. The van der Waals surface area contributed by atoms with Crippen LogP contribution in [0.1, 0.15) is 20.7 Å². The van der Waals surface area contributed by atoms with Gasteiger partial charge in [-0.25, -0.2) is 9.59 Å². The number of methoxy groups -OCH3 is 2. The van der Waals surface area contributed by atoms with Gasteiger partial charge in [-0.1, -0.05) is 36.4 Å². The van der Waals surface area contributed by atoms with E-state index in [1.807, 2.05) is 0 Å². The van der Waals surface area contributed by atoms with Crippen molar-refractivity contribution < 1.29 is 29.3 Å². The maximum Gasteiger partial charge on any atom is 0.336 e. The van der Waals surface area contributed by atoms with Crippen molar-refractivity contribution in [3.63, 3.8) is 0 Å². The zero-order chi connectivity index (χ0) is 20.3. The number of carboxylic acids is 2. The van der Waals surface area contributed by atoms with E-state index in [-0.39, 0.29) is 22.3 Å². The molecule has 0 unspecified atom stereocenters. The highest BCUT2D eigenvalue weighted by Crippen LogP contribution is 2.44. The van der Waals surface area contributed by atoms with Gasteiger partial charge in [0, 0.05) is 22.3 Å². The van der Waals surface area contributed by atoms with Gasteiger partial charge in [0.25, 0.3) is 0 Å². The van der Waals surface area contributed by atoms with E-state index in [0.717, 1.165) is 0 Å². The molecule has 142 valence electrons. The van der Waals surface area contributed by atoms with E-state index in [1.54, 1.807) is 48.5 Å². The number of carboxylic acid groups (broad SMARTS) is 2. The number of hydrogen-bond acceptors (Lipinski definition) is 4. The third kappa shape index (κ3) is 3.27. The molecule has 0 aliphatic carbocycles. The van der Waals surface area contributed by atoms with Gasteiger partial charge < -0.3 is 19.7 Å².